The minimum atomic E-state index is -0.140. The molecule has 0 aliphatic carbocycles. The van der Waals surface area contributed by atoms with Gasteiger partial charge in [-0.2, -0.15) is 0 Å². The first kappa shape index (κ1) is 20.5. The van der Waals surface area contributed by atoms with E-state index < -0.39 is 0 Å². The third kappa shape index (κ3) is 5.85. The monoisotopic (exact) mass is 393 g/mol. The summed E-state index contributed by atoms with van der Waals surface area (Å²) in [6.07, 6.45) is 7.96. The normalized spacial score (nSPS) is 11.3. The number of pyridine rings is 1. The van der Waals surface area contributed by atoms with E-state index in [1.165, 1.54) is 6.08 Å². The van der Waals surface area contributed by atoms with Gasteiger partial charge in [0, 0.05) is 31.4 Å². The number of hydrogen-bond donors (Lipinski definition) is 1. The third-order valence-electron chi connectivity index (χ3n) is 4.13. The molecule has 152 valence electrons. The van der Waals surface area contributed by atoms with E-state index in [2.05, 4.69) is 10.3 Å². The molecule has 0 saturated carbocycles. The molecule has 1 aromatic carbocycles. The van der Waals surface area contributed by atoms with Crippen LogP contribution in [0.15, 0.2) is 54.9 Å². The Hall–Kier alpha value is -3.28. The predicted molar refractivity (Wildman–Crippen MR) is 114 cm³/mol. The van der Waals surface area contributed by atoms with Crippen molar-refractivity contribution in [1.82, 2.24) is 14.7 Å². The van der Waals surface area contributed by atoms with Gasteiger partial charge in [-0.25, -0.2) is 4.98 Å². The third-order valence-corrected chi connectivity index (χ3v) is 4.13. The molecule has 29 heavy (non-hydrogen) atoms. The second kappa shape index (κ2) is 9.78. The Morgan fingerprint density at radius 1 is 1.28 bits per heavy atom. The molecule has 0 spiro atoms. The van der Waals surface area contributed by atoms with Crippen LogP contribution in [0.3, 0.4) is 0 Å². The van der Waals surface area contributed by atoms with Gasteiger partial charge in [0.2, 0.25) is 5.91 Å². The zero-order valence-corrected chi connectivity index (χ0v) is 17.1. The van der Waals surface area contributed by atoms with Crippen molar-refractivity contribution >= 4 is 17.6 Å². The van der Waals surface area contributed by atoms with Crippen molar-refractivity contribution in [2.24, 2.45) is 0 Å². The number of amides is 1. The van der Waals surface area contributed by atoms with Crippen molar-refractivity contribution < 1.29 is 14.3 Å². The number of nitrogens with zero attached hydrogens (tertiary/aromatic N) is 2. The molecular formula is C23H27N3O3. The molecule has 3 rings (SSSR count). The van der Waals surface area contributed by atoms with Crippen molar-refractivity contribution in [3.8, 4) is 11.5 Å². The average Bonchev–Trinajstić information content (AvgIpc) is 3.10. The minimum Gasteiger partial charge on any atom is -0.491 e. The summed E-state index contributed by atoms with van der Waals surface area (Å²) in [5, 5.41) is 2.89. The van der Waals surface area contributed by atoms with E-state index in [9.17, 15) is 4.79 Å². The van der Waals surface area contributed by atoms with E-state index >= 15 is 0 Å². The molecule has 0 aliphatic heterocycles. The maximum Gasteiger partial charge on any atom is 0.244 e. The van der Waals surface area contributed by atoms with Crippen molar-refractivity contribution in [2.75, 3.05) is 13.2 Å². The molecule has 0 bridgehead atoms. The molecule has 0 saturated heterocycles. The van der Waals surface area contributed by atoms with Crippen LogP contribution in [0.1, 0.15) is 32.0 Å². The number of rotatable bonds is 9. The molecule has 3 aromatic rings. The van der Waals surface area contributed by atoms with Gasteiger partial charge in [0.15, 0.2) is 11.4 Å². The molecule has 1 amide bonds. The smallest absolute Gasteiger partial charge is 0.244 e. The fourth-order valence-electron chi connectivity index (χ4n) is 2.93. The predicted octanol–water partition coefficient (Wildman–Crippen LogP) is 3.89. The van der Waals surface area contributed by atoms with Gasteiger partial charge in [-0.15, -0.1) is 0 Å². The number of carbonyl (C=O) groups excluding carboxylic acids is 1. The van der Waals surface area contributed by atoms with E-state index in [0.29, 0.717) is 19.6 Å². The summed E-state index contributed by atoms with van der Waals surface area (Å²) in [7, 11) is 0. The molecular weight excluding hydrogens is 366 g/mol. The maximum atomic E-state index is 12.1. The Morgan fingerprint density at radius 3 is 2.93 bits per heavy atom. The number of aromatic nitrogens is 2. The SMILES string of the molecule is CCOc1cccn2cc(CCNC(=O)/C=C/c3cccc(OC(C)C)c3)nc12. The summed E-state index contributed by atoms with van der Waals surface area (Å²) in [5.41, 5.74) is 2.61. The van der Waals surface area contributed by atoms with Crippen LogP contribution >= 0.6 is 0 Å². The van der Waals surface area contributed by atoms with Gasteiger partial charge in [0.1, 0.15) is 5.75 Å². The standard InChI is InChI=1S/C23H27N3O3/c1-4-28-21-9-6-14-26-16-19(25-23(21)26)12-13-24-22(27)11-10-18-7-5-8-20(15-18)29-17(2)3/h5-11,14-17H,4,12-13H2,1-3H3,(H,24,27)/b11-10+. The van der Waals surface area contributed by atoms with Crippen LogP contribution in [0.4, 0.5) is 0 Å². The van der Waals surface area contributed by atoms with Gasteiger partial charge in [0.05, 0.1) is 18.4 Å². The fraction of sp³-hybridized carbons (Fsp3) is 0.304. The molecule has 2 aromatic heterocycles. The number of imidazole rings is 1. The molecule has 0 unspecified atom stereocenters. The minimum absolute atomic E-state index is 0.113. The lowest BCUT2D eigenvalue weighted by Gasteiger charge is -2.09. The average molecular weight is 393 g/mol. The summed E-state index contributed by atoms with van der Waals surface area (Å²) in [6, 6.07) is 11.5. The zero-order chi connectivity index (χ0) is 20.6. The van der Waals surface area contributed by atoms with Crippen LogP contribution in [0, 0.1) is 0 Å². The van der Waals surface area contributed by atoms with Crippen LogP contribution in [0.5, 0.6) is 11.5 Å². The largest absolute Gasteiger partial charge is 0.491 e. The highest BCUT2D eigenvalue weighted by Gasteiger charge is 2.07. The molecule has 6 heteroatoms. The van der Waals surface area contributed by atoms with Gasteiger partial charge in [-0.1, -0.05) is 12.1 Å². The van der Waals surface area contributed by atoms with Crippen molar-refractivity contribution in [2.45, 2.75) is 33.3 Å². The molecule has 0 fully saturated rings. The Balaban J connectivity index is 1.53. The lowest BCUT2D eigenvalue weighted by Crippen LogP contribution is -2.23. The van der Waals surface area contributed by atoms with E-state index in [-0.39, 0.29) is 12.0 Å². The summed E-state index contributed by atoms with van der Waals surface area (Å²) in [5.74, 6) is 1.41. The molecule has 6 nitrogen and oxygen atoms in total. The Morgan fingerprint density at radius 2 is 2.14 bits per heavy atom. The maximum absolute atomic E-state index is 12.1. The number of carbonyl (C=O) groups is 1. The van der Waals surface area contributed by atoms with Gasteiger partial charge in [0.25, 0.3) is 0 Å². The number of hydrogen-bond acceptors (Lipinski definition) is 4. The molecule has 1 N–H and O–H groups in total. The Kier molecular flexibility index (Phi) is 6.89. The van der Waals surface area contributed by atoms with E-state index in [1.807, 2.05) is 74.0 Å². The van der Waals surface area contributed by atoms with E-state index in [4.69, 9.17) is 9.47 Å². The van der Waals surface area contributed by atoms with Gasteiger partial charge in [-0.05, 0) is 56.7 Å². The Labute approximate surface area is 171 Å². The first-order valence-corrected chi connectivity index (χ1v) is 9.87. The van der Waals surface area contributed by atoms with Gasteiger partial charge < -0.3 is 19.2 Å². The van der Waals surface area contributed by atoms with Crippen molar-refractivity contribution in [3.05, 3.63) is 66.1 Å². The fourth-order valence-corrected chi connectivity index (χ4v) is 2.93. The highest BCUT2D eigenvalue weighted by atomic mass is 16.5. The topological polar surface area (TPSA) is 64.9 Å². The van der Waals surface area contributed by atoms with Crippen LogP contribution in [0.2, 0.25) is 0 Å². The summed E-state index contributed by atoms with van der Waals surface area (Å²) in [4.78, 5) is 16.7. The van der Waals surface area contributed by atoms with Crippen molar-refractivity contribution in [3.63, 3.8) is 0 Å². The second-order valence-corrected chi connectivity index (χ2v) is 6.88. The lowest BCUT2D eigenvalue weighted by molar-refractivity contribution is -0.116. The van der Waals surface area contributed by atoms with Crippen LogP contribution in [0.25, 0.3) is 11.7 Å². The van der Waals surface area contributed by atoms with Crippen LogP contribution < -0.4 is 14.8 Å². The first-order valence-electron chi connectivity index (χ1n) is 9.87. The lowest BCUT2D eigenvalue weighted by atomic mass is 10.2. The van der Waals surface area contributed by atoms with E-state index in [1.54, 1.807) is 6.08 Å². The molecule has 0 radical (unpaired) electrons. The molecule has 0 aliphatic rings. The number of benzene rings is 1. The first-order chi connectivity index (χ1) is 14.0. The van der Waals surface area contributed by atoms with Gasteiger partial charge in [-0.3, -0.25) is 4.79 Å². The second-order valence-electron chi connectivity index (χ2n) is 6.88. The number of fused-ring (bicyclic) bond motifs is 1. The molecule has 2 heterocycles. The number of ether oxygens (including phenoxy) is 2. The zero-order valence-electron chi connectivity index (χ0n) is 17.1. The van der Waals surface area contributed by atoms with E-state index in [0.717, 1.165) is 28.4 Å². The van der Waals surface area contributed by atoms with Crippen molar-refractivity contribution in [1.29, 1.82) is 0 Å². The molecule has 0 atom stereocenters. The summed E-state index contributed by atoms with van der Waals surface area (Å²) >= 11 is 0. The Bertz CT molecular complexity index is 992. The van der Waals surface area contributed by atoms with Crippen LogP contribution in [-0.4, -0.2) is 34.5 Å². The number of nitrogens with one attached hydrogen (secondary N) is 1. The highest BCUT2D eigenvalue weighted by molar-refractivity contribution is 5.91. The highest BCUT2D eigenvalue weighted by Crippen LogP contribution is 2.19. The quantitative estimate of drug-likeness (QED) is 0.560. The van der Waals surface area contributed by atoms with Gasteiger partial charge >= 0.3 is 0 Å². The van der Waals surface area contributed by atoms with Crippen LogP contribution in [-0.2, 0) is 11.2 Å². The summed E-state index contributed by atoms with van der Waals surface area (Å²) in [6.45, 7) is 7.02. The summed E-state index contributed by atoms with van der Waals surface area (Å²) < 4.78 is 13.2.